The summed E-state index contributed by atoms with van der Waals surface area (Å²) in [6.07, 6.45) is 1.64. The lowest BCUT2D eigenvalue weighted by molar-refractivity contribution is 0.165. The van der Waals surface area contributed by atoms with Gasteiger partial charge in [0.2, 0.25) is 0 Å². The summed E-state index contributed by atoms with van der Waals surface area (Å²) in [6, 6.07) is 19.8. The van der Waals surface area contributed by atoms with Crippen molar-refractivity contribution in [2.75, 3.05) is 5.32 Å². The van der Waals surface area contributed by atoms with Crippen molar-refractivity contribution in [2.45, 2.75) is 18.6 Å². The summed E-state index contributed by atoms with van der Waals surface area (Å²) in [4.78, 5) is 8.83. The smallest absolute Gasteiger partial charge is 0.254 e. The predicted molar refractivity (Wildman–Crippen MR) is 98.7 cm³/mol. The Bertz CT molecular complexity index is 1080. The van der Waals surface area contributed by atoms with E-state index in [0.717, 1.165) is 22.6 Å². The molecule has 5 rings (SSSR count). The van der Waals surface area contributed by atoms with E-state index in [1.807, 2.05) is 48.5 Å². The Hall–Kier alpha value is -3.25. The van der Waals surface area contributed by atoms with Gasteiger partial charge < -0.3 is 10.4 Å². The van der Waals surface area contributed by atoms with Crippen LogP contribution in [0.3, 0.4) is 0 Å². The van der Waals surface area contributed by atoms with Crippen LogP contribution in [0.25, 0.3) is 17.0 Å². The van der Waals surface area contributed by atoms with Gasteiger partial charge in [0.05, 0.1) is 17.8 Å². The molecule has 0 fully saturated rings. The lowest BCUT2D eigenvalue weighted by Gasteiger charge is -2.20. The fourth-order valence-corrected chi connectivity index (χ4v) is 3.58. The number of aliphatic hydroxyl groups excluding tert-OH is 1. The summed E-state index contributed by atoms with van der Waals surface area (Å²) >= 11 is 0. The summed E-state index contributed by atoms with van der Waals surface area (Å²) in [7, 11) is 0. The van der Waals surface area contributed by atoms with E-state index in [-0.39, 0.29) is 6.04 Å². The molecule has 128 valence electrons. The lowest BCUT2D eigenvalue weighted by atomic mass is 10.1. The SMILES string of the molecule is O[C@H]1Cc2ccccc2[C@H]1Nc1cc(-c2ccccc2)nc2ncnn12. The minimum Gasteiger partial charge on any atom is -0.390 e. The number of fused-ring (bicyclic) bond motifs is 2. The number of nitrogens with zero attached hydrogens (tertiary/aromatic N) is 4. The molecule has 0 unspecified atom stereocenters. The van der Waals surface area contributed by atoms with Crippen LogP contribution in [0.1, 0.15) is 17.2 Å². The molecule has 4 aromatic rings. The summed E-state index contributed by atoms with van der Waals surface area (Å²) in [5.74, 6) is 1.28. The van der Waals surface area contributed by atoms with Crippen LogP contribution in [-0.4, -0.2) is 30.8 Å². The first kappa shape index (κ1) is 15.0. The van der Waals surface area contributed by atoms with Crippen LogP contribution in [0.4, 0.5) is 5.82 Å². The van der Waals surface area contributed by atoms with Crippen molar-refractivity contribution in [3.63, 3.8) is 0 Å². The Labute approximate surface area is 150 Å². The molecule has 0 amide bonds. The molecule has 2 aromatic carbocycles. The average molecular weight is 343 g/mol. The van der Waals surface area contributed by atoms with Crippen molar-refractivity contribution in [1.29, 1.82) is 0 Å². The van der Waals surface area contributed by atoms with Crippen molar-refractivity contribution in [1.82, 2.24) is 19.6 Å². The van der Waals surface area contributed by atoms with Gasteiger partial charge in [0.25, 0.3) is 5.78 Å². The number of aromatic nitrogens is 4. The highest BCUT2D eigenvalue weighted by molar-refractivity contribution is 5.65. The molecule has 2 atom stereocenters. The Morgan fingerprint density at radius 2 is 1.85 bits per heavy atom. The third-order valence-corrected chi connectivity index (χ3v) is 4.83. The van der Waals surface area contributed by atoms with Crippen LogP contribution in [0.5, 0.6) is 0 Å². The average Bonchev–Trinajstić information content (AvgIpc) is 3.27. The summed E-state index contributed by atoms with van der Waals surface area (Å²) in [5.41, 5.74) is 4.11. The van der Waals surface area contributed by atoms with Gasteiger partial charge in [-0.15, -0.1) is 0 Å². The van der Waals surface area contributed by atoms with Crippen molar-refractivity contribution < 1.29 is 5.11 Å². The van der Waals surface area contributed by atoms with E-state index in [1.54, 1.807) is 4.52 Å². The lowest BCUT2D eigenvalue weighted by Crippen LogP contribution is -2.22. The van der Waals surface area contributed by atoms with E-state index in [9.17, 15) is 5.11 Å². The molecule has 1 aliphatic carbocycles. The molecule has 0 saturated carbocycles. The van der Waals surface area contributed by atoms with Gasteiger partial charge in [-0.2, -0.15) is 14.6 Å². The Morgan fingerprint density at radius 3 is 2.73 bits per heavy atom. The van der Waals surface area contributed by atoms with Crippen LogP contribution in [0.2, 0.25) is 0 Å². The van der Waals surface area contributed by atoms with E-state index >= 15 is 0 Å². The molecular formula is C20H17N5O. The maximum atomic E-state index is 10.6. The van der Waals surface area contributed by atoms with Gasteiger partial charge in [-0.1, -0.05) is 54.6 Å². The van der Waals surface area contributed by atoms with Crippen LogP contribution in [0.15, 0.2) is 67.0 Å². The summed E-state index contributed by atoms with van der Waals surface area (Å²) in [6.45, 7) is 0. The fraction of sp³-hybridized carbons (Fsp3) is 0.150. The van der Waals surface area contributed by atoms with Crippen LogP contribution < -0.4 is 5.32 Å². The van der Waals surface area contributed by atoms with Gasteiger partial charge >= 0.3 is 0 Å². The minimum atomic E-state index is -0.487. The van der Waals surface area contributed by atoms with E-state index in [2.05, 4.69) is 32.5 Å². The maximum Gasteiger partial charge on any atom is 0.254 e. The van der Waals surface area contributed by atoms with Gasteiger partial charge in [0.1, 0.15) is 12.1 Å². The molecule has 0 saturated heterocycles. The molecule has 0 spiro atoms. The zero-order chi connectivity index (χ0) is 17.5. The third-order valence-electron chi connectivity index (χ3n) is 4.83. The molecule has 1 aliphatic rings. The molecule has 2 N–H and O–H groups in total. The highest BCUT2D eigenvalue weighted by atomic mass is 16.3. The van der Waals surface area contributed by atoms with Gasteiger partial charge in [-0.05, 0) is 11.1 Å². The third kappa shape index (κ3) is 2.43. The molecular weight excluding hydrogens is 326 g/mol. The quantitative estimate of drug-likeness (QED) is 0.598. The second-order valence-electron chi connectivity index (χ2n) is 6.46. The number of rotatable bonds is 3. The Balaban J connectivity index is 1.60. The number of hydrogen-bond acceptors (Lipinski definition) is 5. The fourth-order valence-electron chi connectivity index (χ4n) is 3.58. The van der Waals surface area contributed by atoms with Crippen LogP contribution in [-0.2, 0) is 6.42 Å². The zero-order valence-corrected chi connectivity index (χ0v) is 13.9. The molecule has 0 radical (unpaired) electrons. The van der Waals surface area contributed by atoms with E-state index < -0.39 is 6.10 Å². The minimum absolute atomic E-state index is 0.190. The topological polar surface area (TPSA) is 75.3 Å². The molecule has 2 aromatic heterocycles. The summed E-state index contributed by atoms with van der Waals surface area (Å²) < 4.78 is 1.67. The normalized spacial score (nSPS) is 18.8. The van der Waals surface area contributed by atoms with Gasteiger partial charge in [0.15, 0.2) is 0 Å². The highest BCUT2D eigenvalue weighted by Gasteiger charge is 2.31. The van der Waals surface area contributed by atoms with E-state index in [1.165, 1.54) is 11.9 Å². The van der Waals surface area contributed by atoms with Gasteiger partial charge in [-0.25, -0.2) is 4.98 Å². The number of benzene rings is 2. The Morgan fingerprint density at radius 1 is 1.04 bits per heavy atom. The van der Waals surface area contributed by atoms with Crippen molar-refractivity contribution >= 4 is 11.6 Å². The monoisotopic (exact) mass is 343 g/mol. The molecule has 6 heteroatoms. The van der Waals surface area contributed by atoms with Gasteiger partial charge in [-0.3, -0.25) is 0 Å². The maximum absolute atomic E-state index is 10.6. The summed E-state index contributed by atoms with van der Waals surface area (Å²) in [5, 5.41) is 18.3. The second-order valence-corrected chi connectivity index (χ2v) is 6.46. The van der Waals surface area contributed by atoms with Gasteiger partial charge in [0, 0.05) is 18.1 Å². The van der Waals surface area contributed by atoms with Crippen LogP contribution >= 0.6 is 0 Å². The zero-order valence-electron chi connectivity index (χ0n) is 13.9. The first-order valence-corrected chi connectivity index (χ1v) is 8.58. The van der Waals surface area contributed by atoms with Crippen LogP contribution in [0, 0.1) is 0 Å². The molecule has 0 aliphatic heterocycles. The molecule has 6 nitrogen and oxygen atoms in total. The van der Waals surface area contributed by atoms with Crippen molar-refractivity contribution in [3.05, 3.63) is 78.1 Å². The number of hydrogen-bond donors (Lipinski definition) is 2. The van der Waals surface area contributed by atoms with Crippen molar-refractivity contribution in [3.8, 4) is 11.3 Å². The molecule has 2 heterocycles. The predicted octanol–water partition coefficient (Wildman–Crippen LogP) is 2.86. The molecule has 26 heavy (non-hydrogen) atoms. The second kappa shape index (κ2) is 5.93. The highest BCUT2D eigenvalue weighted by Crippen LogP contribution is 2.34. The van der Waals surface area contributed by atoms with Crippen molar-refractivity contribution in [2.24, 2.45) is 0 Å². The number of aliphatic hydroxyl groups is 1. The number of nitrogens with one attached hydrogen (secondary N) is 1. The largest absolute Gasteiger partial charge is 0.390 e. The first-order chi connectivity index (χ1) is 12.8. The standard InChI is InChI=1S/C20H17N5O/c26-17-10-14-8-4-5-9-15(14)19(17)24-18-11-16(13-6-2-1-3-7-13)23-20-21-12-22-25(18)20/h1-9,11-12,17,19,24,26H,10H2/t17-,19+/m0/s1. The van der Waals surface area contributed by atoms with E-state index in [0.29, 0.717) is 12.2 Å². The van der Waals surface area contributed by atoms with E-state index in [4.69, 9.17) is 0 Å². The number of anilines is 1. The molecule has 0 bridgehead atoms. The first-order valence-electron chi connectivity index (χ1n) is 8.58. The Kier molecular flexibility index (Phi) is 3.43.